The molecule has 0 bridgehead atoms. The maximum Gasteiger partial charge on any atom is 0.326 e. The molecule has 0 saturated carbocycles. The van der Waals surface area contributed by atoms with Crippen LogP contribution in [0.2, 0.25) is 0 Å². The molecule has 1 aromatic heterocycles. The summed E-state index contributed by atoms with van der Waals surface area (Å²) in [4.78, 5) is 47.6. The number of anilines is 1. The van der Waals surface area contributed by atoms with E-state index in [2.05, 4.69) is 79.3 Å². The first-order valence-corrected chi connectivity index (χ1v) is 15.1. The van der Waals surface area contributed by atoms with Gasteiger partial charge in [-0.1, -0.05) is 24.3 Å². The summed E-state index contributed by atoms with van der Waals surface area (Å²) in [5, 5.41) is 38.3. The van der Waals surface area contributed by atoms with E-state index in [4.69, 9.17) is 22.4 Å². The number of carbonyl (C=O) groups excluding carboxylic acids is 1. The molecule has 2 aromatic rings. The summed E-state index contributed by atoms with van der Waals surface area (Å²) >= 11 is 5.31. The Kier molecular flexibility index (Phi) is 15.8. The highest BCUT2D eigenvalue weighted by Gasteiger charge is 2.24. The number of hydrogen-bond acceptors (Lipinski definition) is 6. The van der Waals surface area contributed by atoms with E-state index < -0.39 is 42.4 Å². The van der Waals surface area contributed by atoms with Crippen LogP contribution in [0, 0.1) is 0 Å². The second kappa shape index (κ2) is 19.5. The molecule has 0 aliphatic heterocycles. The molecule has 0 aliphatic rings. The zero-order valence-electron chi connectivity index (χ0n) is 25.6. The fourth-order valence-corrected chi connectivity index (χ4v) is 4.35. The average Bonchev–Trinajstić information content (AvgIpc) is 3.00. The molecular weight excluding hydrogens is 600 g/mol. The van der Waals surface area contributed by atoms with Crippen molar-refractivity contribution in [1.29, 1.82) is 0 Å². The number of pyridine rings is 1. The summed E-state index contributed by atoms with van der Waals surface area (Å²) in [5.74, 6) is -3.88. The normalized spacial score (nSPS) is 12.1. The molecule has 1 heterocycles. The van der Waals surface area contributed by atoms with Crippen molar-refractivity contribution < 1.29 is 39.1 Å². The van der Waals surface area contributed by atoms with Crippen LogP contribution in [0.1, 0.15) is 49.7 Å². The van der Waals surface area contributed by atoms with Gasteiger partial charge in [-0.15, -0.1) is 0 Å². The van der Waals surface area contributed by atoms with Crippen LogP contribution in [0.25, 0.3) is 12.2 Å². The third-order valence-corrected chi connectivity index (χ3v) is 7.02. The van der Waals surface area contributed by atoms with Crippen LogP contribution >= 0.6 is 12.2 Å². The van der Waals surface area contributed by atoms with Gasteiger partial charge in [-0.05, 0) is 61.2 Å². The van der Waals surface area contributed by atoms with Gasteiger partial charge < -0.3 is 41.5 Å². The SMILES string of the molecule is CN(C)c1ccc(/C=C/c2cc[n+](CCCNC(=S)NCCCC[C@H](NC(=O)NC(CCC(=O)O)C(=O)O)C(=O)O)cc2)cc1. The van der Waals surface area contributed by atoms with Gasteiger partial charge >= 0.3 is 23.9 Å². The summed E-state index contributed by atoms with van der Waals surface area (Å²) in [5.41, 5.74) is 3.41. The lowest BCUT2D eigenvalue weighted by molar-refractivity contribution is -0.697. The van der Waals surface area contributed by atoms with Crippen molar-refractivity contribution in [2.45, 2.75) is 57.2 Å². The second-order valence-corrected chi connectivity index (χ2v) is 11.0. The quantitative estimate of drug-likeness (QED) is 0.0677. The lowest BCUT2D eigenvalue weighted by Gasteiger charge is -2.18. The van der Waals surface area contributed by atoms with Gasteiger partial charge in [0.1, 0.15) is 18.6 Å². The van der Waals surface area contributed by atoms with Crippen molar-refractivity contribution in [1.82, 2.24) is 21.3 Å². The number of carboxylic acids is 3. The number of nitrogens with one attached hydrogen (secondary N) is 4. The molecule has 2 amide bonds. The number of aromatic nitrogens is 1. The number of carbonyl (C=O) groups is 4. The fourth-order valence-electron chi connectivity index (χ4n) is 4.15. The van der Waals surface area contributed by atoms with Gasteiger partial charge in [-0.3, -0.25) is 4.79 Å². The van der Waals surface area contributed by atoms with Crippen molar-refractivity contribution in [3.05, 3.63) is 59.9 Å². The van der Waals surface area contributed by atoms with Crippen LogP contribution in [0.5, 0.6) is 0 Å². The van der Waals surface area contributed by atoms with Crippen LogP contribution in [-0.2, 0) is 20.9 Å². The predicted octanol–water partition coefficient (Wildman–Crippen LogP) is 2.31. The molecule has 0 spiro atoms. The summed E-state index contributed by atoms with van der Waals surface area (Å²) in [6.07, 6.45) is 9.48. The smallest absolute Gasteiger partial charge is 0.326 e. The Bertz CT molecular complexity index is 1300. The first-order chi connectivity index (χ1) is 21.4. The highest BCUT2D eigenvalue weighted by atomic mass is 32.1. The minimum absolute atomic E-state index is 0.118. The Balaban J connectivity index is 1.61. The number of aliphatic carboxylic acids is 3. The number of urea groups is 1. The Hall–Kier alpha value is -4.72. The molecule has 1 aromatic carbocycles. The number of aryl methyl sites for hydroxylation is 1. The zero-order valence-corrected chi connectivity index (χ0v) is 26.4. The minimum Gasteiger partial charge on any atom is -0.481 e. The van der Waals surface area contributed by atoms with Crippen molar-refractivity contribution in [3.8, 4) is 0 Å². The van der Waals surface area contributed by atoms with Gasteiger partial charge in [0.15, 0.2) is 17.5 Å². The van der Waals surface area contributed by atoms with Gasteiger partial charge in [0, 0.05) is 57.8 Å². The number of unbranched alkanes of at least 4 members (excludes halogenated alkanes) is 1. The van der Waals surface area contributed by atoms with Crippen molar-refractivity contribution in [2.24, 2.45) is 0 Å². The maximum atomic E-state index is 12.1. The molecule has 0 saturated heterocycles. The van der Waals surface area contributed by atoms with E-state index in [0.717, 1.165) is 29.8 Å². The standard InChI is InChI=1S/C31H42N6O7S/c1-36(2)24-11-9-22(10-12-24)7-8-23-15-20-37(21-16-23)19-5-18-33-31(45)32-17-4-3-6-25(28(40)41)34-30(44)35-26(29(42)43)13-14-27(38)39/h7-12,15-16,20-21,25-26H,3-6,13-14,17-19H2,1-2H3,(H6-,32,33,34,35,38,39,40,41,42,43,44,45)/p+1/t25-,26?/m0/s1. The third-order valence-electron chi connectivity index (χ3n) is 6.73. The van der Waals surface area contributed by atoms with Gasteiger partial charge in [-0.2, -0.15) is 0 Å². The van der Waals surface area contributed by atoms with E-state index >= 15 is 0 Å². The number of carboxylic acid groups (broad SMARTS) is 3. The molecule has 244 valence electrons. The number of benzene rings is 1. The van der Waals surface area contributed by atoms with Gasteiger partial charge in [0.2, 0.25) is 0 Å². The van der Waals surface area contributed by atoms with E-state index in [-0.39, 0.29) is 12.8 Å². The van der Waals surface area contributed by atoms with E-state index in [1.165, 1.54) is 0 Å². The lowest BCUT2D eigenvalue weighted by atomic mass is 10.1. The van der Waals surface area contributed by atoms with Crippen LogP contribution in [-0.4, -0.2) is 83.6 Å². The number of thiocarbonyl (C=S) groups is 1. The van der Waals surface area contributed by atoms with Crippen LogP contribution in [0.15, 0.2) is 48.8 Å². The Labute approximate surface area is 268 Å². The lowest BCUT2D eigenvalue weighted by Crippen LogP contribution is -2.51. The van der Waals surface area contributed by atoms with Crippen LogP contribution in [0.4, 0.5) is 10.5 Å². The number of hydrogen-bond donors (Lipinski definition) is 7. The summed E-state index contributed by atoms with van der Waals surface area (Å²) in [6.45, 7) is 1.99. The van der Waals surface area contributed by atoms with E-state index in [0.29, 0.717) is 31.0 Å². The van der Waals surface area contributed by atoms with E-state index in [1.807, 2.05) is 26.5 Å². The fraction of sp³-hybridized carbons (Fsp3) is 0.419. The van der Waals surface area contributed by atoms with Crippen LogP contribution in [0.3, 0.4) is 0 Å². The molecule has 0 fully saturated rings. The Morgan fingerprint density at radius 3 is 1.87 bits per heavy atom. The highest BCUT2D eigenvalue weighted by Crippen LogP contribution is 2.14. The number of amides is 2. The van der Waals surface area contributed by atoms with Crippen molar-refractivity contribution >= 4 is 59.1 Å². The van der Waals surface area contributed by atoms with Gasteiger partial charge in [0.05, 0.1) is 0 Å². The number of rotatable bonds is 19. The summed E-state index contributed by atoms with van der Waals surface area (Å²) in [6, 6.07) is 8.83. The maximum absolute atomic E-state index is 12.1. The van der Waals surface area contributed by atoms with Gasteiger partial charge in [0.25, 0.3) is 0 Å². The highest BCUT2D eigenvalue weighted by molar-refractivity contribution is 7.80. The third kappa shape index (κ3) is 15.0. The largest absolute Gasteiger partial charge is 0.481 e. The number of nitrogens with zero attached hydrogens (tertiary/aromatic N) is 2. The molecule has 13 nitrogen and oxygen atoms in total. The Morgan fingerprint density at radius 2 is 1.33 bits per heavy atom. The predicted molar refractivity (Wildman–Crippen MR) is 175 cm³/mol. The monoisotopic (exact) mass is 643 g/mol. The molecule has 2 rings (SSSR count). The van der Waals surface area contributed by atoms with E-state index in [9.17, 15) is 24.3 Å². The van der Waals surface area contributed by atoms with Crippen molar-refractivity contribution in [2.75, 3.05) is 32.1 Å². The molecule has 14 heteroatoms. The molecular formula is C31H43N6O7S+. The molecule has 45 heavy (non-hydrogen) atoms. The first kappa shape index (κ1) is 36.5. The second-order valence-electron chi connectivity index (χ2n) is 10.6. The minimum atomic E-state index is -1.45. The van der Waals surface area contributed by atoms with Crippen LogP contribution < -0.4 is 30.7 Å². The van der Waals surface area contributed by atoms with E-state index in [1.54, 1.807) is 0 Å². The molecule has 7 N–H and O–H groups in total. The molecule has 2 atom stereocenters. The van der Waals surface area contributed by atoms with Crippen molar-refractivity contribution in [3.63, 3.8) is 0 Å². The molecule has 0 aliphatic carbocycles. The molecule has 0 radical (unpaired) electrons. The topological polar surface area (TPSA) is 184 Å². The zero-order chi connectivity index (χ0) is 33.2. The first-order valence-electron chi connectivity index (χ1n) is 14.7. The Morgan fingerprint density at radius 1 is 0.800 bits per heavy atom. The summed E-state index contributed by atoms with van der Waals surface area (Å²) in [7, 11) is 4.03. The molecule has 1 unspecified atom stereocenters. The average molecular weight is 644 g/mol. The van der Waals surface area contributed by atoms with Gasteiger partial charge in [-0.25, -0.2) is 19.0 Å². The summed E-state index contributed by atoms with van der Waals surface area (Å²) < 4.78 is 2.10.